The Bertz CT molecular complexity index is 501. The predicted octanol–water partition coefficient (Wildman–Crippen LogP) is 2.65. The number of halogens is 1. The maximum Gasteiger partial charge on any atom is 0.222 e. The van der Waals surface area contributed by atoms with Gasteiger partial charge in [-0.2, -0.15) is 0 Å². The number of amides is 1. The quantitative estimate of drug-likeness (QED) is 0.799. The fraction of sp³-hybridized carbons (Fsp3) is 0.429. The van der Waals surface area contributed by atoms with Gasteiger partial charge in [0.15, 0.2) is 5.78 Å². The smallest absolute Gasteiger partial charge is 0.222 e. The van der Waals surface area contributed by atoms with Crippen LogP contribution >= 0.6 is 15.9 Å². The normalized spacial score (nSPS) is 15.5. The molecule has 1 fully saturated rings. The molecule has 0 spiro atoms. The molecule has 1 heterocycles. The molecule has 19 heavy (non-hydrogen) atoms. The number of hydrogen-bond donors (Lipinski definition) is 0. The predicted molar refractivity (Wildman–Crippen MR) is 75.5 cm³/mol. The fourth-order valence-corrected chi connectivity index (χ4v) is 2.67. The number of carbonyl (C=O) groups is 2. The molecule has 1 amide bonds. The third-order valence-corrected chi connectivity index (χ3v) is 3.85. The van der Waals surface area contributed by atoms with Gasteiger partial charge >= 0.3 is 0 Å². The minimum atomic E-state index is -0.0430. The van der Waals surface area contributed by atoms with Gasteiger partial charge in [-0.1, -0.05) is 0 Å². The van der Waals surface area contributed by atoms with Crippen LogP contribution in [-0.4, -0.2) is 36.8 Å². The second-order valence-corrected chi connectivity index (χ2v) is 5.40. The largest absolute Gasteiger partial charge is 0.496 e. The summed E-state index contributed by atoms with van der Waals surface area (Å²) in [6, 6.07) is 5.20. The highest BCUT2D eigenvalue weighted by Gasteiger charge is 2.21. The average Bonchev–Trinajstić information content (AvgIpc) is 2.41. The number of ketones is 1. The van der Waals surface area contributed by atoms with Crippen molar-refractivity contribution in [2.24, 2.45) is 0 Å². The number of ether oxygens (including phenoxy) is 1. The lowest BCUT2D eigenvalue weighted by Crippen LogP contribution is -2.39. The molecule has 5 heteroatoms. The van der Waals surface area contributed by atoms with E-state index in [-0.39, 0.29) is 18.2 Å². The van der Waals surface area contributed by atoms with Crippen molar-refractivity contribution in [3.63, 3.8) is 0 Å². The molecule has 0 radical (unpaired) electrons. The average molecular weight is 326 g/mol. The summed E-state index contributed by atoms with van der Waals surface area (Å²) < 4.78 is 5.87. The van der Waals surface area contributed by atoms with Crippen molar-refractivity contribution in [2.45, 2.75) is 19.3 Å². The molecule has 0 unspecified atom stereocenters. The van der Waals surface area contributed by atoms with Gasteiger partial charge in [0.1, 0.15) is 5.75 Å². The van der Waals surface area contributed by atoms with Crippen LogP contribution in [-0.2, 0) is 4.79 Å². The first-order valence-electron chi connectivity index (χ1n) is 6.26. The standard InChI is InChI=1S/C14H16BrNO3/c1-19-13-6-5-10(8-11(13)15)12(17)9-16-7-3-2-4-14(16)18/h5-6,8H,2-4,7,9H2,1H3. The van der Waals surface area contributed by atoms with E-state index in [1.807, 2.05) is 0 Å². The van der Waals surface area contributed by atoms with Crippen LogP contribution in [0.5, 0.6) is 5.75 Å². The van der Waals surface area contributed by atoms with Gasteiger partial charge in [-0.3, -0.25) is 9.59 Å². The van der Waals surface area contributed by atoms with Crippen LogP contribution in [0, 0.1) is 0 Å². The summed E-state index contributed by atoms with van der Waals surface area (Å²) in [7, 11) is 1.58. The maximum absolute atomic E-state index is 12.2. The first-order valence-corrected chi connectivity index (χ1v) is 7.05. The minimum absolute atomic E-state index is 0.0430. The lowest BCUT2D eigenvalue weighted by atomic mass is 10.1. The van der Waals surface area contributed by atoms with E-state index in [2.05, 4.69) is 15.9 Å². The van der Waals surface area contributed by atoms with Gasteiger partial charge in [0.2, 0.25) is 5.91 Å². The van der Waals surface area contributed by atoms with Gasteiger partial charge in [0.05, 0.1) is 18.1 Å². The van der Waals surface area contributed by atoms with Crippen LogP contribution in [0.3, 0.4) is 0 Å². The summed E-state index contributed by atoms with van der Waals surface area (Å²) in [5, 5.41) is 0. The molecule has 0 saturated carbocycles. The molecule has 1 aromatic rings. The van der Waals surface area contributed by atoms with Crippen LogP contribution in [0.4, 0.5) is 0 Å². The molecule has 4 nitrogen and oxygen atoms in total. The number of carbonyl (C=O) groups excluding carboxylic acids is 2. The summed E-state index contributed by atoms with van der Waals surface area (Å²) in [4.78, 5) is 25.5. The summed E-state index contributed by atoms with van der Waals surface area (Å²) in [5.41, 5.74) is 0.589. The first-order chi connectivity index (χ1) is 9.11. The van der Waals surface area contributed by atoms with E-state index in [0.29, 0.717) is 24.3 Å². The third-order valence-electron chi connectivity index (χ3n) is 3.23. The zero-order valence-corrected chi connectivity index (χ0v) is 12.4. The van der Waals surface area contributed by atoms with Gasteiger partial charge in [0.25, 0.3) is 0 Å². The molecule has 0 aliphatic carbocycles. The van der Waals surface area contributed by atoms with Crippen LogP contribution < -0.4 is 4.74 Å². The molecule has 102 valence electrons. The number of benzene rings is 1. The molecule has 2 rings (SSSR count). The van der Waals surface area contributed by atoms with Crippen molar-refractivity contribution in [3.8, 4) is 5.75 Å². The summed E-state index contributed by atoms with van der Waals surface area (Å²) in [6.45, 7) is 0.847. The van der Waals surface area contributed by atoms with Crippen LogP contribution in [0.25, 0.3) is 0 Å². The van der Waals surface area contributed by atoms with E-state index in [9.17, 15) is 9.59 Å². The van der Waals surface area contributed by atoms with E-state index >= 15 is 0 Å². The molecular weight excluding hydrogens is 310 g/mol. The fourth-order valence-electron chi connectivity index (χ4n) is 2.13. The Labute approximate surface area is 120 Å². The number of methoxy groups -OCH3 is 1. The third kappa shape index (κ3) is 3.35. The highest BCUT2D eigenvalue weighted by Crippen LogP contribution is 2.25. The van der Waals surface area contributed by atoms with Gasteiger partial charge in [-0.25, -0.2) is 0 Å². The second-order valence-electron chi connectivity index (χ2n) is 4.54. The lowest BCUT2D eigenvalue weighted by molar-refractivity contribution is -0.132. The number of Topliss-reactive ketones (excluding diaryl/α,β-unsaturated/α-hetero) is 1. The van der Waals surface area contributed by atoms with Crippen molar-refractivity contribution in [1.29, 1.82) is 0 Å². The van der Waals surface area contributed by atoms with Crippen molar-refractivity contribution in [1.82, 2.24) is 4.90 Å². The zero-order chi connectivity index (χ0) is 13.8. The number of piperidine rings is 1. The lowest BCUT2D eigenvalue weighted by Gasteiger charge is -2.25. The summed E-state index contributed by atoms with van der Waals surface area (Å²) in [5.74, 6) is 0.719. The van der Waals surface area contributed by atoms with Crippen molar-refractivity contribution in [3.05, 3.63) is 28.2 Å². The van der Waals surface area contributed by atoms with Crippen molar-refractivity contribution >= 4 is 27.6 Å². The van der Waals surface area contributed by atoms with Crippen molar-refractivity contribution in [2.75, 3.05) is 20.2 Å². The highest BCUT2D eigenvalue weighted by atomic mass is 79.9. The molecule has 0 aromatic heterocycles. The Morgan fingerprint density at radius 2 is 2.21 bits per heavy atom. The zero-order valence-electron chi connectivity index (χ0n) is 10.8. The van der Waals surface area contributed by atoms with Gasteiger partial charge in [-0.05, 0) is 47.0 Å². The highest BCUT2D eigenvalue weighted by molar-refractivity contribution is 9.10. The molecule has 1 aliphatic rings. The molecule has 0 bridgehead atoms. The Kier molecular flexibility index (Phi) is 4.58. The summed E-state index contributed by atoms with van der Waals surface area (Å²) >= 11 is 3.35. The molecule has 0 atom stereocenters. The molecule has 1 aromatic carbocycles. The van der Waals surface area contributed by atoms with Crippen LogP contribution in [0.2, 0.25) is 0 Å². The Hall–Kier alpha value is -1.36. The Balaban J connectivity index is 2.07. The van der Waals surface area contributed by atoms with Crippen LogP contribution in [0.15, 0.2) is 22.7 Å². The SMILES string of the molecule is COc1ccc(C(=O)CN2CCCCC2=O)cc1Br. The number of hydrogen-bond acceptors (Lipinski definition) is 3. The second kappa shape index (κ2) is 6.19. The molecule has 1 saturated heterocycles. The van der Waals surface area contributed by atoms with Gasteiger partial charge < -0.3 is 9.64 Å². The first kappa shape index (κ1) is 14.1. The summed E-state index contributed by atoms with van der Waals surface area (Å²) in [6.07, 6.45) is 2.46. The van der Waals surface area contributed by atoms with E-state index in [1.165, 1.54) is 0 Å². The minimum Gasteiger partial charge on any atom is -0.496 e. The number of likely N-dealkylation sites (tertiary alicyclic amines) is 1. The van der Waals surface area contributed by atoms with E-state index in [4.69, 9.17) is 4.74 Å². The topological polar surface area (TPSA) is 46.6 Å². The van der Waals surface area contributed by atoms with Gasteiger partial charge in [-0.15, -0.1) is 0 Å². The monoisotopic (exact) mass is 325 g/mol. The van der Waals surface area contributed by atoms with E-state index < -0.39 is 0 Å². The maximum atomic E-state index is 12.2. The van der Waals surface area contributed by atoms with E-state index in [0.717, 1.165) is 17.3 Å². The number of nitrogens with zero attached hydrogens (tertiary/aromatic N) is 1. The Morgan fingerprint density at radius 1 is 1.42 bits per heavy atom. The van der Waals surface area contributed by atoms with Gasteiger partial charge in [0, 0.05) is 18.5 Å². The molecular formula is C14H16BrNO3. The number of rotatable bonds is 4. The van der Waals surface area contributed by atoms with Crippen LogP contribution in [0.1, 0.15) is 29.6 Å². The van der Waals surface area contributed by atoms with Crippen molar-refractivity contribution < 1.29 is 14.3 Å². The van der Waals surface area contributed by atoms with E-state index in [1.54, 1.807) is 30.2 Å². The molecule has 1 aliphatic heterocycles. The molecule has 0 N–H and O–H groups in total. The Morgan fingerprint density at radius 3 is 2.84 bits per heavy atom.